The molecule has 3 aromatic rings. The minimum Gasteiger partial charge on any atom is -0.452 e. The molecule has 0 unspecified atom stereocenters. The second-order valence-corrected chi connectivity index (χ2v) is 6.90. The van der Waals surface area contributed by atoms with E-state index in [0.717, 1.165) is 15.2 Å². The van der Waals surface area contributed by atoms with E-state index in [0.29, 0.717) is 11.6 Å². The molecule has 0 aliphatic carbocycles. The lowest BCUT2D eigenvalue weighted by atomic mass is 10.2. The lowest BCUT2D eigenvalue weighted by molar-refractivity contribution is -0.133. The zero-order valence-corrected chi connectivity index (χ0v) is 15.0. The summed E-state index contributed by atoms with van der Waals surface area (Å²) in [6, 6.07) is 14.4. The maximum Gasteiger partial charge on any atom is 0.340 e. The van der Waals surface area contributed by atoms with Gasteiger partial charge in [-0.3, -0.25) is 4.79 Å². The molecule has 1 amide bonds. The Hall–Kier alpha value is -2.44. The van der Waals surface area contributed by atoms with Crippen LogP contribution in [0.25, 0.3) is 10.2 Å². The van der Waals surface area contributed by atoms with E-state index in [-0.39, 0.29) is 18.1 Å². The average Bonchev–Trinajstić information content (AvgIpc) is 3.01. The van der Waals surface area contributed by atoms with Crippen LogP contribution >= 0.6 is 22.9 Å². The number of nitrogens with zero attached hydrogens (tertiary/aromatic N) is 2. The van der Waals surface area contributed by atoms with Crippen LogP contribution < -0.4 is 0 Å². The summed E-state index contributed by atoms with van der Waals surface area (Å²) < 4.78 is 6.13. The number of hydrogen-bond acceptors (Lipinski definition) is 5. The first-order valence-corrected chi connectivity index (χ1v) is 8.74. The van der Waals surface area contributed by atoms with Gasteiger partial charge in [-0.25, -0.2) is 9.78 Å². The molecule has 3 rings (SSSR count). The van der Waals surface area contributed by atoms with E-state index in [2.05, 4.69) is 4.98 Å². The largest absolute Gasteiger partial charge is 0.452 e. The van der Waals surface area contributed by atoms with E-state index in [1.54, 1.807) is 31.3 Å². The molecule has 0 saturated heterocycles. The minimum absolute atomic E-state index is 0.241. The Morgan fingerprint density at radius 2 is 1.88 bits per heavy atom. The summed E-state index contributed by atoms with van der Waals surface area (Å²) in [5, 5.41) is 1.12. The number of rotatable bonds is 5. The number of benzene rings is 2. The number of thiazole rings is 1. The first-order chi connectivity index (χ1) is 12.0. The van der Waals surface area contributed by atoms with E-state index < -0.39 is 5.97 Å². The number of carbonyl (C=O) groups is 2. The van der Waals surface area contributed by atoms with Gasteiger partial charge in [-0.05, 0) is 24.3 Å². The molecule has 0 fully saturated rings. The highest BCUT2D eigenvalue weighted by molar-refractivity contribution is 7.18. The molecule has 1 heterocycles. The number of amides is 1. The van der Waals surface area contributed by atoms with Gasteiger partial charge in [-0.2, -0.15) is 0 Å². The van der Waals surface area contributed by atoms with Gasteiger partial charge in [0.2, 0.25) is 0 Å². The van der Waals surface area contributed by atoms with E-state index in [1.165, 1.54) is 16.2 Å². The Balaban J connectivity index is 1.57. The lowest BCUT2D eigenvalue weighted by Crippen LogP contribution is -2.30. The Labute approximate surface area is 153 Å². The molecule has 25 heavy (non-hydrogen) atoms. The molecular weight excluding hydrogens is 360 g/mol. The van der Waals surface area contributed by atoms with Crippen LogP contribution in [-0.2, 0) is 16.1 Å². The zero-order valence-electron chi connectivity index (χ0n) is 13.4. The van der Waals surface area contributed by atoms with Crippen molar-refractivity contribution in [2.45, 2.75) is 6.54 Å². The number of ether oxygens (including phenoxy) is 1. The molecule has 0 bridgehead atoms. The Morgan fingerprint density at radius 1 is 1.16 bits per heavy atom. The van der Waals surface area contributed by atoms with Crippen molar-refractivity contribution in [2.75, 3.05) is 13.7 Å². The number of likely N-dealkylation sites (N-methyl/N-ethyl adjacent to an activating group) is 1. The van der Waals surface area contributed by atoms with Crippen LogP contribution in [0.1, 0.15) is 15.4 Å². The van der Waals surface area contributed by atoms with E-state index >= 15 is 0 Å². The van der Waals surface area contributed by atoms with Gasteiger partial charge in [0.1, 0.15) is 5.01 Å². The normalized spacial score (nSPS) is 10.6. The van der Waals surface area contributed by atoms with Crippen molar-refractivity contribution in [1.29, 1.82) is 0 Å². The molecule has 7 heteroatoms. The number of hydrogen-bond donors (Lipinski definition) is 0. The molecule has 0 aliphatic heterocycles. The predicted octanol–water partition coefficient (Wildman–Crippen LogP) is 3.77. The molecule has 0 saturated carbocycles. The van der Waals surface area contributed by atoms with Gasteiger partial charge in [0.05, 0.1) is 27.3 Å². The minimum atomic E-state index is -0.618. The molecule has 1 aromatic heterocycles. The third kappa shape index (κ3) is 4.15. The highest BCUT2D eigenvalue weighted by atomic mass is 35.5. The van der Waals surface area contributed by atoms with Gasteiger partial charge in [0.25, 0.3) is 5.91 Å². The highest BCUT2D eigenvalue weighted by Crippen LogP contribution is 2.22. The smallest absolute Gasteiger partial charge is 0.340 e. The predicted molar refractivity (Wildman–Crippen MR) is 97.8 cm³/mol. The van der Waals surface area contributed by atoms with Gasteiger partial charge in [0, 0.05) is 7.05 Å². The summed E-state index contributed by atoms with van der Waals surface area (Å²) in [5.74, 6) is -0.924. The van der Waals surface area contributed by atoms with E-state index in [9.17, 15) is 9.59 Å². The topological polar surface area (TPSA) is 59.5 Å². The number of halogens is 1. The molecular formula is C18H15ClN2O3S. The molecule has 128 valence electrons. The molecule has 0 radical (unpaired) electrons. The van der Waals surface area contributed by atoms with Gasteiger partial charge >= 0.3 is 5.97 Å². The number of aromatic nitrogens is 1. The summed E-state index contributed by atoms with van der Waals surface area (Å²) in [6.45, 7) is 0.0211. The van der Waals surface area contributed by atoms with E-state index in [4.69, 9.17) is 16.3 Å². The number of carbonyl (C=O) groups excluding carboxylic acids is 2. The van der Waals surface area contributed by atoms with Crippen LogP contribution in [0.5, 0.6) is 0 Å². The fraction of sp³-hybridized carbons (Fsp3) is 0.167. The Bertz CT molecular complexity index is 892. The molecule has 0 N–H and O–H groups in total. The van der Waals surface area contributed by atoms with Crippen LogP contribution in [0.3, 0.4) is 0 Å². The Morgan fingerprint density at radius 3 is 2.64 bits per heavy atom. The monoisotopic (exact) mass is 374 g/mol. The third-order valence-corrected chi connectivity index (χ3v) is 4.91. The quantitative estimate of drug-likeness (QED) is 0.638. The second-order valence-electron chi connectivity index (χ2n) is 5.38. The first-order valence-electron chi connectivity index (χ1n) is 7.54. The summed E-state index contributed by atoms with van der Waals surface area (Å²) in [7, 11) is 1.65. The molecule has 5 nitrogen and oxygen atoms in total. The SMILES string of the molecule is CN(Cc1nc2ccccc2s1)C(=O)COC(=O)c1ccccc1Cl. The average molecular weight is 375 g/mol. The maximum atomic E-state index is 12.2. The van der Waals surface area contributed by atoms with Gasteiger partial charge < -0.3 is 9.64 Å². The molecule has 2 aromatic carbocycles. The lowest BCUT2D eigenvalue weighted by Gasteiger charge is -2.15. The maximum absolute atomic E-state index is 12.2. The van der Waals surface area contributed by atoms with Crippen LogP contribution in [0.2, 0.25) is 5.02 Å². The standard InChI is InChI=1S/C18H15ClN2O3S/c1-21(10-16-20-14-8-4-5-9-15(14)25-16)17(22)11-24-18(23)12-6-2-3-7-13(12)19/h2-9H,10-11H2,1H3. The summed E-state index contributed by atoms with van der Waals surface area (Å²) >= 11 is 7.48. The van der Waals surface area contributed by atoms with Crippen LogP contribution in [0, 0.1) is 0 Å². The number of esters is 1. The molecule has 0 aliphatic rings. The van der Waals surface area contributed by atoms with Crippen molar-refractivity contribution >= 4 is 45.0 Å². The van der Waals surface area contributed by atoms with Crippen molar-refractivity contribution in [3.05, 3.63) is 64.1 Å². The fourth-order valence-electron chi connectivity index (χ4n) is 2.22. The number of fused-ring (bicyclic) bond motifs is 1. The third-order valence-electron chi connectivity index (χ3n) is 3.56. The summed E-state index contributed by atoms with van der Waals surface area (Å²) in [6.07, 6.45) is 0. The number of para-hydroxylation sites is 1. The fourth-order valence-corrected chi connectivity index (χ4v) is 3.45. The van der Waals surface area contributed by atoms with Crippen LogP contribution in [-0.4, -0.2) is 35.4 Å². The second kappa shape index (κ2) is 7.63. The summed E-state index contributed by atoms with van der Waals surface area (Å²) in [5.41, 5.74) is 1.15. The van der Waals surface area contributed by atoms with Gasteiger partial charge in [0.15, 0.2) is 6.61 Å². The van der Waals surface area contributed by atoms with Crippen molar-refractivity contribution in [3.8, 4) is 0 Å². The Kier molecular flexibility index (Phi) is 5.31. The van der Waals surface area contributed by atoms with Crippen LogP contribution in [0.15, 0.2) is 48.5 Å². The van der Waals surface area contributed by atoms with Crippen molar-refractivity contribution < 1.29 is 14.3 Å². The summed E-state index contributed by atoms with van der Waals surface area (Å²) in [4.78, 5) is 30.1. The van der Waals surface area contributed by atoms with Crippen molar-refractivity contribution in [2.24, 2.45) is 0 Å². The molecule has 0 spiro atoms. The highest BCUT2D eigenvalue weighted by Gasteiger charge is 2.16. The van der Waals surface area contributed by atoms with E-state index in [1.807, 2.05) is 24.3 Å². The van der Waals surface area contributed by atoms with Crippen molar-refractivity contribution in [1.82, 2.24) is 9.88 Å². The van der Waals surface area contributed by atoms with Gasteiger partial charge in [-0.1, -0.05) is 35.9 Å². The van der Waals surface area contributed by atoms with Crippen molar-refractivity contribution in [3.63, 3.8) is 0 Å². The van der Waals surface area contributed by atoms with Crippen LogP contribution in [0.4, 0.5) is 0 Å². The van der Waals surface area contributed by atoms with Gasteiger partial charge in [-0.15, -0.1) is 11.3 Å². The zero-order chi connectivity index (χ0) is 17.8. The first kappa shape index (κ1) is 17.4. The molecule has 0 atom stereocenters.